The van der Waals surface area contributed by atoms with Crippen molar-refractivity contribution in [3.8, 4) is 11.1 Å². The van der Waals surface area contributed by atoms with Crippen LogP contribution in [-0.2, 0) is 21.7 Å². The van der Waals surface area contributed by atoms with E-state index in [-0.39, 0.29) is 23.0 Å². The van der Waals surface area contributed by atoms with Gasteiger partial charge in [0.15, 0.2) is 0 Å². The molecule has 3 heterocycles. The Balaban J connectivity index is 1.34. The minimum absolute atomic E-state index is 0.0584. The molecule has 3 heteroatoms. The van der Waals surface area contributed by atoms with Crippen LogP contribution in [0.5, 0.6) is 0 Å². The first-order valence-electron chi connectivity index (χ1n) is 21.5. The van der Waals surface area contributed by atoms with Crippen LogP contribution >= 0.6 is 0 Å². The van der Waals surface area contributed by atoms with E-state index in [2.05, 4.69) is 231 Å². The highest BCUT2D eigenvalue weighted by Gasteiger charge is 2.53. The lowest BCUT2D eigenvalue weighted by Gasteiger charge is -2.52. The molecule has 0 aliphatic carbocycles. The van der Waals surface area contributed by atoms with E-state index >= 15 is 0 Å². The Morgan fingerprint density at radius 1 is 0.390 bits per heavy atom. The van der Waals surface area contributed by atoms with Crippen LogP contribution in [0.2, 0.25) is 0 Å². The van der Waals surface area contributed by atoms with Crippen LogP contribution in [-0.4, -0.2) is 6.71 Å². The van der Waals surface area contributed by atoms with E-state index in [9.17, 15) is 0 Å². The Kier molecular flexibility index (Phi) is 8.16. The topological polar surface area (TPSA) is 6.48 Å². The Bertz CT molecular complexity index is 2760. The molecule has 2 nitrogen and oxygen atoms in total. The average molecular weight is 767 g/mol. The lowest BCUT2D eigenvalue weighted by atomic mass is 9.28. The maximum atomic E-state index is 2.59. The van der Waals surface area contributed by atoms with Gasteiger partial charge >= 0.3 is 0 Å². The molecule has 3 aliphatic heterocycles. The molecule has 0 saturated heterocycles. The molecule has 0 spiro atoms. The monoisotopic (exact) mass is 766 g/mol. The van der Waals surface area contributed by atoms with Crippen LogP contribution in [0.15, 0.2) is 152 Å². The van der Waals surface area contributed by atoms with Gasteiger partial charge in [-0.1, -0.05) is 165 Å². The van der Waals surface area contributed by atoms with Crippen molar-refractivity contribution >= 4 is 57.2 Å². The van der Waals surface area contributed by atoms with Gasteiger partial charge < -0.3 is 9.80 Å². The number of benzene rings is 7. The van der Waals surface area contributed by atoms with Gasteiger partial charge in [-0.15, -0.1) is 0 Å². The molecule has 10 rings (SSSR count). The third kappa shape index (κ3) is 5.68. The van der Waals surface area contributed by atoms with Crippen LogP contribution < -0.4 is 26.2 Å². The number of anilines is 6. The van der Waals surface area contributed by atoms with Crippen molar-refractivity contribution in [2.75, 3.05) is 9.80 Å². The van der Waals surface area contributed by atoms with Gasteiger partial charge in [-0.2, -0.15) is 0 Å². The van der Waals surface area contributed by atoms with E-state index in [1.165, 1.54) is 95.0 Å². The molecule has 0 bridgehead atoms. The molecular weight excluding hydrogens is 711 g/mol. The summed E-state index contributed by atoms with van der Waals surface area (Å²) in [7, 11) is 0. The van der Waals surface area contributed by atoms with E-state index < -0.39 is 5.41 Å². The fraction of sp³-hybridized carbons (Fsp3) is 0.250. The van der Waals surface area contributed by atoms with Crippen LogP contribution in [0.1, 0.15) is 103 Å². The first kappa shape index (κ1) is 37.5. The SMILES string of the molecule is CC(C)(C)c1ccc(N2c3cccc4c3B3c5c(cc(C(C)(C)C)cc5C(C)(c5ccccc5)c5cc(C(C)(C)C)cc2c53)N4c2ccc(-c3ccccc3)cc2)cc1. The summed E-state index contributed by atoms with van der Waals surface area (Å²) in [5.74, 6) is 0. The second kappa shape index (κ2) is 12.9. The van der Waals surface area contributed by atoms with E-state index in [4.69, 9.17) is 0 Å². The lowest BCUT2D eigenvalue weighted by Crippen LogP contribution is -2.67. The zero-order valence-corrected chi connectivity index (χ0v) is 36.4. The number of nitrogens with zero attached hydrogens (tertiary/aromatic N) is 2. The summed E-state index contributed by atoms with van der Waals surface area (Å²) in [5.41, 5.74) is 21.8. The van der Waals surface area contributed by atoms with Crippen molar-refractivity contribution in [2.24, 2.45) is 0 Å². The summed E-state index contributed by atoms with van der Waals surface area (Å²) in [5, 5.41) is 0. The Morgan fingerprint density at radius 3 is 1.27 bits per heavy atom. The van der Waals surface area contributed by atoms with E-state index in [1.54, 1.807) is 0 Å². The largest absolute Gasteiger partial charge is 0.311 e. The smallest absolute Gasteiger partial charge is 0.252 e. The molecule has 1 unspecified atom stereocenters. The fourth-order valence-corrected chi connectivity index (χ4v) is 10.2. The number of rotatable bonds is 4. The highest BCUT2D eigenvalue weighted by molar-refractivity contribution is 7.01. The van der Waals surface area contributed by atoms with Crippen LogP contribution in [0.4, 0.5) is 34.1 Å². The third-order valence-electron chi connectivity index (χ3n) is 13.6. The number of hydrogen-bond donors (Lipinski definition) is 0. The predicted octanol–water partition coefficient (Wildman–Crippen LogP) is 13.0. The summed E-state index contributed by atoms with van der Waals surface area (Å²) >= 11 is 0. The van der Waals surface area contributed by atoms with Gasteiger partial charge in [0.25, 0.3) is 6.71 Å². The molecule has 59 heavy (non-hydrogen) atoms. The Hall–Kier alpha value is -5.80. The van der Waals surface area contributed by atoms with Gasteiger partial charge in [0.05, 0.1) is 0 Å². The number of hydrogen-bond acceptors (Lipinski definition) is 2. The van der Waals surface area contributed by atoms with Crippen LogP contribution in [0.25, 0.3) is 11.1 Å². The summed E-state index contributed by atoms with van der Waals surface area (Å²) < 4.78 is 0. The van der Waals surface area contributed by atoms with Gasteiger partial charge in [-0.3, -0.25) is 0 Å². The van der Waals surface area contributed by atoms with Gasteiger partial charge in [-0.25, -0.2) is 0 Å². The summed E-state index contributed by atoms with van der Waals surface area (Å²) in [4.78, 5) is 5.18. The lowest BCUT2D eigenvalue weighted by molar-refractivity contribution is 0.582. The van der Waals surface area contributed by atoms with Crippen LogP contribution in [0, 0.1) is 0 Å². The van der Waals surface area contributed by atoms with Crippen molar-refractivity contribution in [2.45, 2.75) is 90.9 Å². The molecule has 7 aromatic carbocycles. The minimum Gasteiger partial charge on any atom is -0.311 e. The zero-order chi connectivity index (χ0) is 41.2. The minimum atomic E-state index is -0.428. The highest BCUT2D eigenvalue weighted by atomic mass is 15.2. The van der Waals surface area contributed by atoms with Crippen molar-refractivity contribution in [3.05, 3.63) is 185 Å². The normalized spacial score (nSPS) is 16.6. The Morgan fingerprint density at radius 2 is 0.814 bits per heavy atom. The summed E-state index contributed by atoms with van der Waals surface area (Å²) in [6.07, 6.45) is 0. The van der Waals surface area contributed by atoms with Gasteiger partial charge in [-0.05, 0) is 133 Å². The van der Waals surface area contributed by atoms with Crippen molar-refractivity contribution in [3.63, 3.8) is 0 Å². The zero-order valence-electron chi connectivity index (χ0n) is 36.4. The summed E-state index contributed by atoms with van der Waals surface area (Å²) in [6.45, 7) is 23.7. The molecule has 0 radical (unpaired) electrons. The predicted molar refractivity (Wildman–Crippen MR) is 254 cm³/mol. The fourth-order valence-electron chi connectivity index (χ4n) is 10.2. The third-order valence-corrected chi connectivity index (χ3v) is 13.6. The molecule has 3 aliphatic rings. The molecule has 0 N–H and O–H groups in total. The molecule has 1 atom stereocenters. The Labute approximate surface area is 352 Å². The molecule has 0 fully saturated rings. The molecular formula is C56H55BN2. The second-order valence-electron chi connectivity index (χ2n) is 20.4. The molecule has 0 amide bonds. The van der Waals surface area contributed by atoms with E-state index in [0.29, 0.717) is 0 Å². The molecule has 7 aromatic rings. The molecule has 292 valence electrons. The van der Waals surface area contributed by atoms with Crippen molar-refractivity contribution in [1.82, 2.24) is 0 Å². The quantitative estimate of drug-likeness (QED) is 0.165. The molecule has 0 saturated carbocycles. The maximum absolute atomic E-state index is 2.59. The maximum Gasteiger partial charge on any atom is 0.252 e. The van der Waals surface area contributed by atoms with Crippen LogP contribution in [0.3, 0.4) is 0 Å². The highest BCUT2D eigenvalue weighted by Crippen LogP contribution is 2.52. The first-order chi connectivity index (χ1) is 28.0. The van der Waals surface area contributed by atoms with Gasteiger partial charge in [0.2, 0.25) is 0 Å². The first-order valence-corrected chi connectivity index (χ1v) is 21.5. The van der Waals surface area contributed by atoms with Gasteiger partial charge in [0.1, 0.15) is 0 Å². The van der Waals surface area contributed by atoms with Crippen molar-refractivity contribution in [1.29, 1.82) is 0 Å². The standard InChI is InChI=1S/C56H55BN2/c1-53(2,3)38-26-30-43(31-27-38)59-47-23-17-22-46-52(47)57-50-44(56(10,39-20-15-12-16-21-39)45-33-41(55(7,8)9)35-49(59)51(45)57)32-40(54(4,5)6)34-48(50)58(46)42-28-24-37(25-29-42)36-18-13-11-14-19-36/h11-35H,1-10H3. The second-order valence-corrected chi connectivity index (χ2v) is 20.4. The van der Waals surface area contributed by atoms with E-state index in [1.807, 2.05) is 0 Å². The van der Waals surface area contributed by atoms with Crippen molar-refractivity contribution < 1.29 is 0 Å². The van der Waals surface area contributed by atoms with E-state index in [0.717, 1.165) is 0 Å². The molecule has 0 aromatic heterocycles. The average Bonchev–Trinajstić information content (AvgIpc) is 3.22. The summed E-state index contributed by atoms with van der Waals surface area (Å²) in [6, 6.07) is 58.0. The van der Waals surface area contributed by atoms with Gasteiger partial charge in [0, 0.05) is 39.5 Å².